The average Bonchev–Trinajstić information content (AvgIpc) is 1.09. The van der Waals surface area contributed by atoms with Gasteiger partial charge in [-0.05, 0) is 109 Å². The first-order chi connectivity index (χ1) is 39.6. The largest absolute Gasteiger partial charge is 0.505 e. The van der Waals surface area contributed by atoms with E-state index in [1.807, 2.05) is 0 Å². The predicted octanol–water partition coefficient (Wildman–Crippen LogP) is 7.82. The maximum absolute atomic E-state index is 13.4. The summed E-state index contributed by atoms with van der Waals surface area (Å²) < 4.78 is 252. The van der Waals surface area contributed by atoms with Crippen LogP contribution in [0.1, 0.15) is 0 Å². The van der Waals surface area contributed by atoms with Gasteiger partial charge in [0.05, 0.1) is 54.2 Å². The van der Waals surface area contributed by atoms with E-state index in [1.165, 1.54) is 24.3 Å². The number of hydrogen-bond donors (Lipinski definition) is 10. The Hall–Kier alpha value is -8.92. The summed E-state index contributed by atoms with van der Waals surface area (Å²) >= 11 is 0. The van der Waals surface area contributed by atoms with Gasteiger partial charge in [0.1, 0.15) is 52.9 Å². The second-order valence-electron chi connectivity index (χ2n) is 16.9. The van der Waals surface area contributed by atoms with Gasteiger partial charge >= 0.3 is 0 Å². The second-order valence-corrected chi connectivity index (χ2v) is 29.3. The van der Waals surface area contributed by atoms with E-state index in [9.17, 15) is 95.2 Å². The van der Waals surface area contributed by atoms with Crippen LogP contribution in [0.5, 0.6) is 5.75 Å². The molecule has 0 heterocycles. The topological polar surface area (TPSA) is 583 Å². The number of phenols is 1. The van der Waals surface area contributed by atoms with Gasteiger partial charge in [-0.25, -0.2) is 25.3 Å². The molecule has 0 fully saturated rings. The summed E-state index contributed by atoms with van der Waals surface area (Å²) in [5, 5.41) is 41.2. The van der Waals surface area contributed by atoms with Gasteiger partial charge < -0.3 is 22.3 Å². The number of hydrogen-bond acceptors (Lipinski definition) is 28. The normalized spacial score (nSPS) is 13.3. The van der Waals surface area contributed by atoms with E-state index in [-0.39, 0.29) is 45.2 Å². The summed E-state index contributed by atoms with van der Waals surface area (Å²) in [6.07, 6.45) is 0. The first-order valence-corrected chi connectivity index (χ1v) is 34.0. The fourth-order valence-electron chi connectivity index (χ4n) is 7.23. The average molecular weight is 1340 g/mol. The maximum atomic E-state index is 13.4. The molecule has 0 bridgehead atoms. The summed E-state index contributed by atoms with van der Waals surface area (Å²) in [5.74, 6) is -1.13. The molecule has 0 radical (unpaired) electrons. The number of nitrogens with one attached hydrogen (secondary N) is 1. The minimum Gasteiger partial charge on any atom is -0.505 e. The van der Waals surface area contributed by atoms with E-state index < -0.39 is 177 Å². The van der Waals surface area contributed by atoms with Crippen LogP contribution in [0.15, 0.2) is 207 Å². The molecule has 7 aromatic rings. The number of phenolic OH excluding ortho intramolecular Hbond substituents is 1. The summed E-state index contributed by atoms with van der Waals surface area (Å²) in [7, 11) is -40.2. The minimum atomic E-state index is -5.54. The van der Waals surface area contributed by atoms with Gasteiger partial charge in [0.2, 0.25) is 9.84 Å². The molecule has 7 aromatic carbocycles. The number of anilines is 4. The third-order valence-electron chi connectivity index (χ3n) is 11.3. The van der Waals surface area contributed by atoms with Gasteiger partial charge in [-0.3, -0.25) is 27.5 Å². The van der Waals surface area contributed by atoms with E-state index in [0.717, 1.165) is 48.5 Å². The van der Waals surface area contributed by atoms with E-state index in [1.54, 1.807) is 0 Å². The Morgan fingerprint density at radius 2 is 0.791 bits per heavy atom. The van der Waals surface area contributed by atoms with Crippen molar-refractivity contribution in [1.82, 2.24) is 0 Å². The third-order valence-corrected chi connectivity index (χ3v) is 20.0. The van der Waals surface area contributed by atoms with Crippen LogP contribution in [0.3, 0.4) is 0 Å². The highest BCUT2D eigenvalue weighted by molar-refractivity contribution is 7.95. The number of nitrogens with two attached hydrogens (primary N) is 3. The van der Waals surface area contributed by atoms with E-state index >= 15 is 0 Å². The number of aromatic hydroxyl groups is 1. The zero-order valence-corrected chi connectivity index (χ0v) is 48.7. The lowest BCUT2D eigenvalue weighted by molar-refractivity contribution is 0.472. The van der Waals surface area contributed by atoms with Crippen LogP contribution in [0.2, 0.25) is 0 Å². The Morgan fingerprint density at radius 1 is 0.384 bits per heavy atom. The first-order valence-electron chi connectivity index (χ1n) is 22.2. The Bertz CT molecular complexity index is 5150. The Kier molecular flexibility index (Phi) is 17.4. The second kappa shape index (κ2) is 23.2. The maximum Gasteiger partial charge on any atom is 0.296 e. The molecule has 0 saturated carbocycles. The lowest BCUT2D eigenvalue weighted by Gasteiger charge is -2.14. The van der Waals surface area contributed by atoms with Gasteiger partial charge in [0.15, 0.2) is 15.6 Å². The van der Waals surface area contributed by atoms with Crippen molar-refractivity contribution in [2.75, 3.05) is 21.9 Å². The Labute approximate surface area is 486 Å². The molecule has 13 N–H and O–H groups in total. The molecule has 0 spiro atoms. The number of benzene rings is 7. The van der Waals surface area contributed by atoms with Gasteiger partial charge in [0.25, 0.3) is 60.6 Å². The molecule has 452 valence electrons. The molecule has 7 rings (SSSR count). The van der Waals surface area contributed by atoms with Crippen molar-refractivity contribution in [3.05, 3.63) is 127 Å². The van der Waals surface area contributed by atoms with Gasteiger partial charge in [-0.1, -0.05) is 13.2 Å². The molecule has 42 heteroatoms. The number of sulfonamides is 1. The standard InChI is InChI=1S/C44H36N12O22S8/c1-3-79(58,59)27-13-9-24(10-14-27)49-53-41-35(85(73,74)75)17-22-18-36(86(76,77)78)42(44(57)37(22)40(41)47)54-50-25-11-15-28(16-12-25)81(62,63)56-26-7-5-23(6-8-26)48-52-30-20-34(84(70,71)72)39(46)43(38(30)45)55-51-29-19-32(80(60,61)4-2)33(83(67,68)69)21-31(29)82(64,65)66/h3-21,56-57H,1-2,45-47H2,(H,64,65,66)(H,67,68,69)(H,70,71,72)(H,73,74,75)(H,76,77,78). The number of fused-ring (bicyclic) bond motifs is 1. The van der Waals surface area contributed by atoms with E-state index in [2.05, 4.69) is 58.8 Å². The van der Waals surface area contributed by atoms with Crippen LogP contribution in [0.25, 0.3) is 10.8 Å². The van der Waals surface area contributed by atoms with Gasteiger partial charge in [-0.15, -0.1) is 25.6 Å². The van der Waals surface area contributed by atoms with Gasteiger partial charge in [-0.2, -0.15) is 57.4 Å². The van der Waals surface area contributed by atoms with Crippen molar-refractivity contribution < 1.29 is 95.2 Å². The zero-order chi connectivity index (χ0) is 64.1. The summed E-state index contributed by atoms with van der Waals surface area (Å²) in [6, 6.07) is 15.5. The van der Waals surface area contributed by atoms with Crippen molar-refractivity contribution in [3.8, 4) is 5.75 Å². The number of azo groups is 4. The number of nitrogens with zero attached hydrogens (tertiary/aromatic N) is 8. The molecule has 0 saturated heterocycles. The van der Waals surface area contributed by atoms with E-state index in [4.69, 9.17) is 17.2 Å². The predicted molar refractivity (Wildman–Crippen MR) is 302 cm³/mol. The van der Waals surface area contributed by atoms with Crippen molar-refractivity contribution in [2.45, 2.75) is 39.2 Å². The molecule has 0 aromatic heterocycles. The highest BCUT2D eigenvalue weighted by Crippen LogP contribution is 2.49. The quantitative estimate of drug-likeness (QED) is 0.0197. The molecule has 0 aliphatic carbocycles. The summed E-state index contributed by atoms with van der Waals surface area (Å²) in [5.41, 5.74) is 10.9. The molecule has 34 nitrogen and oxygen atoms in total. The molecule has 0 atom stereocenters. The Morgan fingerprint density at radius 3 is 1.27 bits per heavy atom. The monoisotopic (exact) mass is 1340 g/mol. The van der Waals surface area contributed by atoms with Crippen molar-refractivity contribution in [3.63, 3.8) is 0 Å². The summed E-state index contributed by atoms with van der Waals surface area (Å²) in [4.78, 5) is -8.27. The highest BCUT2D eigenvalue weighted by Gasteiger charge is 2.32. The molecule has 0 aliphatic rings. The minimum absolute atomic E-state index is 0.0123. The van der Waals surface area contributed by atoms with Crippen LogP contribution in [-0.4, -0.2) is 95.2 Å². The van der Waals surface area contributed by atoms with Crippen LogP contribution < -0.4 is 21.9 Å². The molecular weight excluding hydrogens is 1310 g/mol. The fraction of sp³-hybridized carbons (Fsp3) is 0. The third kappa shape index (κ3) is 13.9. The van der Waals surface area contributed by atoms with Crippen molar-refractivity contribution in [2.24, 2.45) is 40.9 Å². The summed E-state index contributed by atoms with van der Waals surface area (Å²) in [6.45, 7) is 6.23. The lowest BCUT2D eigenvalue weighted by Crippen LogP contribution is -2.12. The lowest BCUT2D eigenvalue weighted by atomic mass is 10.1. The van der Waals surface area contributed by atoms with E-state index in [0.29, 0.717) is 23.6 Å². The van der Waals surface area contributed by atoms with Crippen LogP contribution in [0.4, 0.5) is 68.2 Å². The van der Waals surface area contributed by atoms with Crippen LogP contribution >= 0.6 is 0 Å². The van der Waals surface area contributed by atoms with Crippen molar-refractivity contribution in [1.29, 1.82) is 0 Å². The van der Waals surface area contributed by atoms with Gasteiger partial charge in [0, 0.05) is 16.5 Å². The fourth-order valence-corrected chi connectivity index (χ4v) is 13.7. The zero-order valence-electron chi connectivity index (χ0n) is 42.2. The number of rotatable bonds is 20. The molecule has 0 unspecified atom stereocenters. The smallest absolute Gasteiger partial charge is 0.296 e. The molecule has 86 heavy (non-hydrogen) atoms. The molecular formula is C44H36N12O22S8. The first kappa shape index (κ1) is 64.6. The number of nitrogen functional groups attached to an aromatic ring is 3. The number of sulfone groups is 2. The molecule has 0 aliphatic heterocycles. The highest BCUT2D eigenvalue weighted by atomic mass is 32.2. The Balaban J connectivity index is 1.15. The SMILES string of the molecule is C=CS(=O)(=O)c1ccc(N=Nc2c(S(=O)(=O)O)cc3cc(S(=O)(=O)O)c(N=Nc4ccc(S(=O)(=O)Nc5ccc(N=Nc6cc(S(=O)(=O)O)c(N)c(N=Nc7cc(S(=O)(=O)C=C)c(S(=O)(=O)O)cc7S(=O)(=O)O)c6N)cc5)cc4)c(O)c3c2N)cc1. The molecule has 0 amide bonds. The van der Waals surface area contributed by atoms with Crippen molar-refractivity contribution >= 4 is 159 Å². The van der Waals surface area contributed by atoms with Crippen LogP contribution in [0, 0.1) is 0 Å². The van der Waals surface area contributed by atoms with Crippen LogP contribution in [-0.2, 0) is 80.3 Å².